The Bertz CT molecular complexity index is 570. The molecule has 0 aliphatic heterocycles. The van der Waals surface area contributed by atoms with Crippen molar-refractivity contribution in [3.8, 4) is 5.75 Å². The van der Waals surface area contributed by atoms with E-state index in [0.717, 1.165) is 17.5 Å². The van der Waals surface area contributed by atoms with Gasteiger partial charge in [0.2, 0.25) is 0 Å². The van der Waals surface area contributed by atoms with E-state index in [-0.39, 0.29) is 5.75 Å². The molecule has 0 aromatic heterocycles. The van der Waals surface area contributed by atoms with Crippen LogP contribution in [-0.4, -0.2) is 11.7 Å². The molecule has 0 aliphatic rings. The summed E-state index contributed by atoms with van der Waals surface area (Å²) >= 11 is 0. The first-order valence-corrected chi connectivity index (χ1v) is 6.42. The second-order valence-electron chi connectivity index (χ2n) is 4.45. The Morgan fingerprint density at radius 1 is 1.05 bits per heavy atom. The maximum atomic E-state index is 12.2. The summed E-state index contributed by atoms with van der Waals surface area (Å²) in [5, 5.41) is 10.3. The van der Waals surface area contributed by atoms with E-state index in [2.05, 4.69) is 4.74 Å². The summed E-state index contributed by atoms with van der Waals surface area (Å²) in [6.45, 7) is -0.839. The average molecular weight is 278 g/mol. The summed E-state index contributed by atoms with van der Waals surface area (Å²) in [5.41, 5.74) is 2.37. The molecule has 1 unspecified atom stereocenters. The van der Waals surface area contributed by atoms with Crippen molar-refractivity contribution >= 4 is 0 Å². The summed E-state index contributed by atoms with van der Waals surface area (Å²) in [6, 6.07) is 13.7. The van der Waals surface area contributed by atoms with E-state index >= 15 is 0 Å². The molecule has 106 valence electrons. The van der Waals surface area contributed by atoms with Crippen molar-refractivity contribution < 1.29 is 18.6 Å². The van der Waals surface area contributed by atoms with Gasteiger partial charge in [0.05, 0.1) is 0 Å². The van der Waals surface area contributed by atoms with Gasteiger partial charge in [-0.05, 0) is 35.2 Å². The fourth-order valence-electron chi connectivity index (χ4n) is 2.04. The van der Waals surface area contributed by atoms with Gasteiger partial charge in [0.25, 0.3) is 0 Å². The Balaban J connectivity index is 2.25. The molecule has 0 aliphatic carbocycles. The predicted octanol–water partition coefficient (Wildman–Crippen LogP) is 3.93. The zero-order chi connectivity index (χ0) is 14.5. The highest BCUT2D eigenvalue weighted by molar-refractivity contribution is 5.36. The van der Waals surface area contributed by atoms with E-state index in [9.17, 15) is 13.9 Å². The molecule has 2 aromatic carbocycles. The van der Waals surface area contributed by atoms with Crippen LogP contribution in [0.1, 0.15) is 29.7 Å². The van der Waals surface area contributed by atoms with Gasteiger partial charge in [0, 0.05) is 0 Å². The minimum Gasteiger partial charge on any atom is -0.435 e. The van der Waals surface area contributed by atoms with Crippen LogP contribution in [0.25, 0.3) is 0 Å². The maximum absolute atomic E-state index is 12.2. The molecule has 0 radical (unpaired) electrons. The van der Waals surface area contributed by atoms with E-state index in [4.69, 9.17) is 0 Å². The molecule has 2 rings (SSSR count). The van der Waals surface area contributed by atoms with Crippen LogP contribution in [0, 0.1) is 0 Å². The zero-order valence-corrected chi connectivity index (χ0v) is 11.1. The molecule has 2 aromatic rings. The van der Waals surface area contributed by atoms with Crippen LogP contribution < -0.4 is 4.74 Å². The lowest BCUT2D eigenvalue weighted by Gasteiger charge is -2.14. The lowest BCUT2D eigenvalue weighted by Crippen LogP contribution is -2.04. The van der Waals surface area contributed by atoms with Crippen LogP contribution in [0.3, 0.4) is 0 Å². The van der Waals surface area contributed by atoms with Gasteiger partial charge in [-0.1, -0.05) is 43.3 Å². The second-order valence-corrected chi connectivity index (χ2v) is 4.45. The van der Waals surface area contributed by atoms with E-state index in [1.54, 1.807) is 12.1 Å². The van der Waals surface area contributed by atoms with Crippen LogP contribution in [0.5, 0.6) is 5.75 Å². The smallest absolute Gasteiger partial charge is 0.387 e. The molecule has 1 N–H and O–H groups in total. The van der Waals surface area contributed by atoms with Crippen LogP contribution >= 0.6 is 0 Å². The summed E-state index contributed by atoms with van der Waals surface area (Å²) in [5.74, 6) is 0.0446. The third-order valence-electron chi connectivity index (χ3n) is 3.07. The largest absolute Gasteiger partial charge is 0.435 e. The standard InChI is InChI=1S/C16H16F2O2/c1-2-11-5-3-6-12(9-11)15(19)13-7-4-8-14(10-13)20-16(17)18/h3-10,15-16,19H,2H2,1H3. The minimum absolute atomic E-state index is 0.0446. The maximum Gasteiger partial charge on any atom is 0.387 e. The first-order valence-electron chi connectivity index (χ1n) is 6.42. The molecule has 0 spiro atoms. The van der Waals surface area contributed by atoms with Gasteiger partial charge in [0.15, 0.2) is 0 Å². The van der Waals surface area contributed by atoms with Crippen molar-refractivity contribution in [2.24, 2.45) is 0 Å². The monoisotopic (exact) mass is 278 g/mol. The summed E-state index contributed by atoms with van der Waals surface area (Å²) in [6.07, 6.45) is 0.0115. The quantitative estimate of drug-likeness (QED) is 0.898. The Labute approximate surface area is 116 Å². The molecular weight excluding hydrogens is 262 g/mol. The topological polar surface area (TPSA) is 29.5 Å². The number of alkyl halides is 2. The molecule has 0 saturated carbocycles. The first-order chi connectivity index (χ1) is 9.60. The molecule has 2 nitrogen and oxygen atoms in total. The van der Waals surface area contributed by atoms with Gasteiger partial charge < -0.3 is 9.84 Å². The second kappa shape index (κ2) is 6.48. The number of rotatable bonds is 5. The number of benzene rings is 2. The number of hydrogen-bond donors (Lipinski definition) is 1. The number of hydrogen-bond acceptors (Lipinski definition) is 2. The molecule has 0 bridgehead atoms. The van der Waals surface area contributed by atoms with Crippen molar-refractivity contribution in [1.82, 2.24) is 0 Å². The summed E-state index contributed by atoms with van der Waals surface area (Å²) < 4.78 is 28.7. The summed E-state index contributed by atoms with van der Waals surface area (Å²) in [7, 11) is 0. The van der Waals surface area contributed by atoms with E-state index in [1.807, 2.05) is 31.2 Å². The molecule has 0 fully saturated rings. The van der Waals surface area contributed by atoms with Gasteiger partial charge in [-0.2, -0.15) is 8.78 Å². The van der Waals surface area contributed by atoms with E-state index < -0.39 is 12.7 Å². The lowest BCUT2D eigenvalue weighted by atomic mass is 9.99. The number of aliphatic hydroxyl groups is 1. The molecule has 0 amide bonds. The van der Waals surface area contributed by atoms with Gasteiger partial charge in [-0.25, -0.2) is 0 Å². The molecule has 0 heterocycles. The fraction of sp³-hybridized carbons (Fsp3) is 0.250. The third kappa shape index (κ3) is 3.54. The Morgan fingerprint density at radius 3 is 2.35 bits per heavy atom. The van der Waals surface area contributed by atoms with Crippen LogP contribution in [-0.2, 0) is 6.42 Å². The highest BCUT2D eigenvalue weighted by Gasteiger charge is 2.12. The average Bonchev–Trinajstić information content (AvgIpc) is 2.46. The molecule has 0 saturated heterocycles. The lowest BCUT2D eigenvalue weighted by molar-refractivity contribution is -0.0499. The van der Waals surface area contributed by atoms with Crippen LogP contribution in [0.15, 0.2) is 48.5 Å². The Kier molecular flexibility index (Phi) is 4.69. The summed E-state index contributed by atoms with van der Waals surface area (Å²) in [4.78, 5) is 0. The van der Waals surface area contributed by atoms with Gasteiger partial charge in [-0.3, -0.25) is 0 Å². The van der Waals surface area contributed by atoms with Crippen molar-refractivity contribution in [2.75, 3.05) is 0 Å². The third-order valence-corrected chi connectivity index (χ3v) is 3.07. The SMILES string of the molecule is CCc1cccc(C(O)c2cccc(OC(F)F)c2)c1. The fourth-order valence-corrected chi connectivity index (χ4v) is 2.04. The van der Waals surface area contributed by atoms with Gasteiger partial charge in [0.1, 0.15) is 11.9 Å². The van der Waals surface area contributed by atoms with Crippen molar-refractivity contribution in [3.05, 3.63) is 65.2 Å². The minimum atomic E-state index is -2.87. The van der Waals surface area contributed by atoms with Gasteiger partial charge in [-0.15, -0.1) is 0 Å². The van der Waals surface area contributed by atoms with E-state index in [0.29, 0.717) is 5.56 Å². The van der Waals surface area contributed by atoms with Crippen molar-refractivity contribution in [2.45, 2.75) is 26.1 Å². The Morgan fingerprint density at radius 2 is 1.70 bits per heavy atom. The predicted molar refractivity (Wildman–Crippen MR) is 73.0 cm³/mol. The molecule has 20 heavy (non-hydrogen) atoms. The first kappa shape index (κ1) is 14.5. The highest BCUT2D eigenvalue weighted by atomic mass is 19.3. The van der Waals surface area contributed by atoms with Crippen LogP contribution in [0.2, 0.25) is 0 Å². The molecule has 1 atom stereocenters. The van der Waals surface area contributed by atoms with Gasteiger partial charge >= 0.3 is 6.61 Å². The highest BCUT2D eigenvalue weighted by Crippen LogP contribution is 2.26. The number of halogens is 2. The Hall–Kier alpha value is -1.94. The van der Waals surface area contributed by atoms with Crippen LogP contribution in [0.4, 0.5) is 8.78 Å². The molecular formula is C16H16F2O2. The van der Waals surface area contributed by atoms with Crippen molar-refractivity contribution in [3.63, 3.8) is 0 Å². The molecule has 4 heteroatoms. The normalized spacial score (nSPS) is 12.4. The zero-order valence-electron chi connectivity index (χ0n) is 11.1. The number of ether oxygens (including phenoxy) is 1. The number of aliphatic hydroxyl groups excluding tert-OH is 1. The number of aryl methyl sites for hydroxylation is 1. The van der Waals surface area contributed by atoms with Crippen molar-refractivity contribution in [1.29, 1.82) is 0 Å². The van der Waals surface area contributed by atoms with E-state index in [1.165, 1.54) is 12.1 Å².